The summed E-state index contributed by atoms with van der Waals surface area (Å²) in [6, 6.07) is 9.90. The summed E-state index contributed by atoms with van der Waals surface area (Å²) in [7, 11) is 0. The molecular formula is C18H16N4O4S. The van der Waals surface area contributed by atoms with E-state index in [2.05, 4.69) is 15.6 Å². The van der Waals surface area contributed by atoms with Gasteiger partial charge in [0.2, 0.25) is 11.8 Å². The summed E-state index contributed by atoms with van der Waals surface area (Å²) in [5.41, 5.74) is 6.93. The molecule has 0 unspecified atom stereocenters. The van der Waals surface area contributed by atoms with E-state index >= 15 is 0 Å². The molecule has 9 heteroatoms. The number of carbonyl (C=O) groups excluding carboxylic acids is 3. The molecule has 0 fully saturated rings. The normalized spacial score (nSPS) is 10.4. The van der Waals surface area contributed by atoms with Crippen molar-refractivity contribution in [3.05, 3.63) is 70.6 Å². The highest BCUT2D eigenvalue weighted by molar-refractivity contribution is 7.14. The van der Waals surface area contributed by atoms with E-state index < -0.39 is 11.8 Å². The summed E-state index contributed by atoms with van der Waals surface area (Å²) in [5, 5.41) is 7.45. The van der Waals surface area contributed by atoms with Gasteiger partial charge in [0.1, 0.15) is 0 Å². The molecule has 3 amide bonds. The van der Waals surface area contributed by atoms with Gasteiger partial charge >= 0.3 is 0 Å². The molecule has 2 aromatic heterocycles. The van der Waals surface area contributed by atoms with Crippen molar-refractivity contribution in [2.75, 3.05) is 5.32 Å². The van der Waals surface area contributed by atoms with Gasteiger partial charge in [-0.1, -0.05) is 12.1 Å². The van der Waals surface area contributed by atoms with Gasteiger partial charge in [0.15, 0.2) is 10.9 Å². The van der Waals surface area contributed by atoms with Crippen LogP contribution in [0.15, 0.2) is 52.5 Å². The fourth-order valence-corrected chi connectivity index (χ4v) is 2.98. The van der Waals surface area contributed by atoms with Crippen LogP contribution in [0.3, 0.4) is 0 Å². The molecule has 4 N–H and O–H groups in total. The van der Waals surface area contributed by atoms with Crippen molar-refractivity contribution in [2.24, 2.45) is 5.73 Å². The Hall–Kier alpha value is -3.46. The standard InChI is InChI=1S/C18H16N4O4S/c19-16(24)12-4-1-3-11(7-12)9-20-15(23)8-13-10-27-18(21-13)22-17(25)14-5-2-6-26-14/h1-7,10H,8-9H2,(H2,19,24)(H,20,23)(H,21,22,25). The number of aromatic nitrogens is 1. The lowest BCUT2D eigenvalue weighted by Crippen LogP contribution is -2.25. The minimum absolute atomic E-state index is 0.0721. The zero-order valence-electron chi connectivity index (χ0n) is 14.1. The quantitative estimate of drug-likeness (QED) is 0.574. The first-order chi connectivity index (χ1) is 13.0. The van der Waals surface area contributed by atoms with Gasteiger partial charge in [-0.25, -0.2) is 4.98 Å². The highest BCUT2D eigenvalue weighted by Gasteiger charge is 2.13. The van der Waals surface area contributed by atoms with Crippen LogP contribution in [0.4, 0.5) is 5.13 Å². The number of nitrogens with one attached hydrogen (secondary N) is 2. The summed E-state index contributed by atoms with van der Waals surface area (Å²) >= 11 is 1.22. The fourth-order valence-electron chi connectivity index (χ4n) is 2.27. The van der Waals surface area contributed by atoms with Crippen LogP contribution < -0.4 is 16.4 Å². The number of primary amides is 1. The monoisotopic (exact) mass is 384 g/mol. The van der Waals surface area contributed by atoms with E-state index in [-0.39, 0.29) is 24.6 Å². The number of furan rings is 1. The van der Waals surface area contributed by atoms with Crippen molar-refractivity contribution in [1.29, 1.82) is 0 Å². The van der Waals surface area contributed by atoms with Crippen molar-refractivity contribution < 1.29 is 18.8 Å². The molecule has 2 heterocycles. The average molecular weight is 384 g/mol. The predicted octanol–water partition coefficient (Wildman–Crippen LogP) is 1.95. The number of hydrogen-bond acceptors (Lipinski definition) is 6. The molecule has 0 radical (unpaired) electrons. The molecule has 27 heavy (non-hydrogen) atoms. The molecule has 0 aliphatic rings. The van der Waals surface area contributed by atoms with Gasteiger partial charge in [0.05, 0.1) is 18.4 Å². The Morgan fingerprint density at radius 2 is 2.04 bits per heavy atom. The number of benzene rings is 1. The Bertz CT molecular complexity index is 965. The summed E-state index contributed by atoms with van der Waals surface area (Å²) < 4.78 is 5.01. The second-order valence-electron chi connectivity index (χ2n) is 5.59. The molecule has 0 aliphatic heterocycles. The van der Waals surface area contributed by atoms with Crippen molar-refractivity contribution in [1.82, 2.24) is 10.3 Å². The molecule has 0 aliphatic carbocycles. The first-order valence-electron chi connectivity index (χ1n) is 7.96. The Morgan fingerprint density at radius 3 is 2.78 bits per heavy atom. The molecule has 3 aromatic rings. The number of nitrogens with zero attached hydrogens (tertiary/aromatic N) is 1. The SMILES string of the molecule is NC(=O)c1cccc(CNC(=O)Cc2csc(NC(=O)c3ccco3)n2)c1. The van der Waals surface area contributed by atoms with Crippen molar-refractivity contribution in [3.8, 4) is 0 Å². The number of amides is 3. The lowest BCUT2D eigenvalue weighted by Gasteiger charge is -2.05. The Morgan fingerprint density at radius 1 is 1.19 bits per heavy atom. The van der Waals surface area contributed by atoms with Gasteiger partial charge in [-0.15, -0.1) is 11.3 Å². The highest BCUT2D eigenvalue weighted by Crippen LogP contribution is 2.17. The number of hydrogen-bond donors (Lipinski definition) is 3. The first kappa shape index (κ1) is 18.3. The van der Waals surface area contributed by atoms with Crippen molar-refractivity contribution in [2.45, 2.75) is 13.0 Å². The molecule has 0 atom stereocenters. The first-order valence-corrected chi connectivity index (χ1v) is 8.84. The van der Waals surface area contributed by atoms with Gasteiger partial charge in [-0.2, -0.15) is 0 Å². The molecule has 0 saturated heterocycles. The number of carbonyl (C=O) groups is 3. The van der Waals surface area contributed by atoms with E-state index in [9.17, 15) is 14.4 Å². The van der Waals surface area contributed by atoms with Crippen LogP contribution in [0.2, 0.25) is 0 Å². The average Bonchev–Trinajstić information content (AvgIpc) is 3.32. The van der Waals surface area contributed by atoms with E-state index in [1.807, 2.05) is 0 Å². The minimum Gasteiger partial charge on any atom is -0.459 e. The second kappa shape index (κ2) is 8.28. The largest absolute Gasteiger partial charge is 0.459 e. The van der Waals surface area contributed by atoms with Crippen LogP contribution in [0.25, 0.3) is 0 Å². The van der Waals surface area contributed by atoms with Gasteiger partial charge in [0, 0.05) is 17.5 Å². The van der Waals surface area contributed by atoms with Crippen LogP contribution in [-0.4, -0.2) is 22.7 Å². The van der Waals surface area contributed by atoms with E-state index in [1.165, 1.54) is 17.6 Å². The van der Waals surface area contributed by atoms with Crippen LogP contribution in [0.1, 0.15) is 32.2 Å². The molecular weight excluding hydrogens is 368 g/mol. The third-order valence-corrected chi connectivity index (χ3v) is 4.37. The van der Waals surface area contributed by atoms with Crippen LogP contribution in [-0.2, 0) is 17.8 Å². The third kappa shape index (κ3) is 5.02. The zero-order chi connectivity index (χ0) is 19.2. The maximum absolute atomic E-state index is 12.1. The van der Waals surface area contributed by atoms with E-state index in [1.54, 1.807) is 41.8 Å². The summed E-state index contributed by atoms with van der Waals surface area (Å²) in [5.74, 6) is -0.967. The number of rotatable bonds is 7. The lowest BCUT2D eigenvalue weighted by molar-refractivity contribution is -0.120. The van der Waals surface area contributed by atoms with Gasteiger partial charge in [0.25, 0.3) is 5.91 Å². The molecule has 3 rings (SSSR count). The van der Waals surface area contributed by atoms with Crippen LogP contribution in [0, 0.1) is 0 Å². The third-order valence-electron chi connectivity index (χ3n) is 3.56. The van der Waals surface area contributed by atoms with Crippen molar-refractivity contribution in [3.63, 3.8) is 0 Å². The maximum atomic E-state index is 12.1. The van der Waals surface area contributed by atoms with Gasteiger partial charge in [-0.05, 0) is 29.8 Å². The predicted molar refractivity (Wildman–Crippen MR) is 99.3 cm³/mol. The summed E-state index contributed by atoms with van der Waals surface area (Å²) in [6.45, 7) is 0.270. The molecule has 0 spiro atoms. The number of anilines is 1. The molecule has 1 aromatic carbocycles. The second-order valence-corrected chi connectivity index (χ2v) is 6.45. The Balaban J connectivity index is 1.51. The van der Waals surface area contributed by atoms with Gasteiger partial charge < -0.3 is 15.5 Å². The topological polar surface area (TPSA) is 127 Å². The van der Waals surface area contributed by atoms with E-state index in [0.717, 1.165) is 5.56 Å². The summed E-state index contributed by atoms with van der Waals surface area (Å²) in [4.78, 5) is 39.4. The van der Waals surface area contributed by atoms with Crippen LogP contribution >= 0.6 is 11.3 Å². The molecule has 0 bridgehead atoms. The van der Waals surface area contributed by atoms with Crippen LogP contribution in [0.5, 0.6) is 0 Å². The lowest BCUT2D eigenvalue weighted by atomic mass is 10.1. The van der Waals surface area contributed by atoms with E-state index in [4.69, 9.17) is 10.2 Å². The maximum Gasteiger partial charge on any atom is 0.293 e. The van der Waals surface area contributed by atoms with Crippen molar-refractivity contribution >= 4 is 34.2 Å². The highest BCUT2D eigenvalue weighted by atomic mass is 32.1. The number of thiazole rings is 1. The molecule has 8 nitrogen and oxygen atoms in total. The fraction of sp³-hybridized carbons (Fsp3) is 0.111. The van der Waals surface area contributed by atoms with E-state index in [0.29, 0.717) is 16.4 Å². The zero-order valence-corrected chi connectivity index (χ0v) is 14.9. The Kier molecular flexibility index (Phi) is 5.62. The smallest absolute Gasteiger partial charge is 0.293 e. The summed E-state index contributed by atoms with van der Waals surface area (Å²) in [6.07, 6.45) is 1.48. The molecule has 138 valence electrons. The molecule has 0 saturated carbocycles. The van der Waals surface area contributed by atoms with Gasteiger partial charge in [-0.3, -0.25) is 19.7 Å². The minimum atomic E-state index is -0.519. The number of nitrogens with two attached hydrogens (primary N) is 1. The Labute approximate surface area is 158 Å².